The zero-order valence-electron chi connectivity index (χ0n) is 13.5. The van der Waals surface area contributed by atoms with E-state index in [1.165, 1.54) is 6.07 Å². The summed E-state index contributed by atoms with van der Waals surface area (Å²) < 4.78 is 13.8. The number of nitrogens with one attached hydrogen (secondary N) is 1. The highest BCUT2D eigenvalue weighted by atomic mass is 19.1. The average molecular weight is 337 g/mol. The molecule has 3 aromatic rings. The van der Waals surface area contributed by atoms with Gasteiger partial charge in [-0.2, -0.15) is 5.10 Å². The second kappa shape index (κ2) is 6.12. The molecular formula is C19H16FN3O2. The van der Waals surface area contributed by atoms with Crippen LogP contribution in [0.2, 0.25) is 0 Å². The summed E-state index contributed by atoms with van der Waals surface area (Å²) in [5, 5.41) is 7.71. The summed E-state index contributed by atoms with van der Waals surface area (Å²) in [6, 6.07) is 12.1. The van der Waals surface area contributed by atoms with Crippen molar-refractivity contribution in [3.8, 4) is 0 Å². The maximum absolute atomic E-state index is 13.8. The van der Waals surface area contributed by atoms with Crippen LogP contribution in [0.15, 0.2) is 47.3 Å². The predicted molar refractivity (Wildman–Crippen MR) is 91.6 cm³/mol. The van der Waals surface area contributed by atoms with Gasteiger partial charge in [0.1, 0.15) is 5.82 Å². The van der Waals surface area contributed by atoms with Gasteiger partial charge in [-0.25, -0.2) is 9.49 Å². The fourth-order valence-electron chi connectivity index (χ4n) is 3.34. The minimum Gasteiger partial charge on any atom is -0.338 e. The molecule has 1 aliphatic rings. The first-order valence-corrected chi connectivity index (χ1v) is 8.14. The van der Waals surface area contributed by atoms with Crippen molar-refractivity contribution in [1.82, 2.24) is 15.1 Å². The minimum absolute atomic E-state index is 0.0837. The molecule has 126 valence electrons. The van der Waals surface area contributed by atoms with Crippen molar-refractivity contribution in [2.24, 2.45) is 0 Å². The van der Waals surface area contributed by atoms with Gasteiger partial charge in [0.2, 0.25) is 5.91 Å². The summed E-state index contributed by atoms with van der Waals surface area (Å²) in [7, 11) is 0. The van der Waals surface area contributed by atoms with Crippen LogP contribution in [0.5, 0.6) is 0 Å². The van der Waals surface area contributed by atoms with Crippen LogP contribution >= 0.6 is 0 Å². The van der Waals surface area contributed by atoms with Crippen molar-refractivity contribution in [3.63, 3.8) is 0 Å². The van der Waals surface area contributed by atoms with E-state index in [0.717, 1.165) is 5.56 Å². The Labute approximate surface area is 143 Å². The molecule has 6 heteroatoms. The number of hydrogen-bond acceptors (Lipinski definition) is 3. The van der Waals surface area contributed by atoms with Crippen LogP contribution < -0.4 is 5.56 Å². The van der Waals surface area contributed by atoms with E-state index in [9.17, 15) is 14.0 Å². The molecule has 2 aromatic carbocycles. The van der Waals surface area contributed by atoms with Crippen LogP contribution in [0.4, 0.5) is 4.39 Å². The number of benzene rings is 2. The average Bonchev–Trinajstić information content (AvgIpc) is 2.64. The van der Waals surface area contributed by atoms with Gasteiger partial charge < -0.3 is 4.90 Å². The van der Waals surface area contributed by atoms with Gasteiger partial charge in [0.25, 0.3) is 5.56 Å². The van der Waals surface area contributed by atoms with E-state index in [1.54, 1.807) is 29.2 Å². The first-order chi connectivity index (χ1) is 12.1. The Balaban J connectivity index is 1.60. The predicted octanol–water partition coefficient (Wildman–Crippen LogP) is 2.19. The molecule has 0 spiro atoms. The van der Waals surface area contributed by atoms with E-state index in [0.29, 0.717) is 41.5 Å². The van der Waals surface area contributed by atoms with E-state index < -0.39 is 0 Å². The van der Waals surface area contributed by atoms with Crippen LogP contribution in [-0.2, 0) is 24.2 Å². The molecule has 1 N–H and O–H groups in total. The zero-order chi connectivity index (χ0) is 17.4. The molecule has 0 fully saturated rings. The highest BCUT2D eigenvalue weighted by Gasteiger charge is 2.23. The molecule has 4 rings (SSSR count). The maximum Gasteiger partial charge on any atom is 0.272 e. The fraction of sp³-hybridized carbons (Fsp3) is 0.211. The molecule has 0 saturated carbocycles. The third-order valence-electron chi connectivity index (χ3n) is 4.66. The number of carbonyl (C=O) groups excluding carboxylic acids is 1. The Hall–Kier alpha value is -3.02. The number of hydrogen-bond donors (Lipinski definition) is 1. The summed E-state index contributed by atoms with van der Waals surface area (Å²) in [6.07, 6.45) is 0.607. The number of amides is 1. The van der Waals surface area contributed by atoms with Crippen LogP contribution in [0.3, 0.4) is 0 Å². The zero-order valence-corrected chi connectivity index (χ0v) is 13.5. The largest absolute Gasteiger partial charge is 0.338 e. The molecule has 1 aromatic heterocycles. The maximum atomic E-state index is 13.8. The van der Waals surface area contributed by atoms with Gasteiger partial charge in [-0.3, -0.25) is 9.59 Å². The van der Waals surface area contributed by atoms with Crippen molar-refractivity contribution < 1.29 is 9.18 Å². The van der Waals surface area contributed by atoms with E-state index in [4.69, 9.17) is 0 Å². The molecule has 0 aliphatic carbocycles. The molecule has 0 radical (unpaired) electrons. The summed E-state index contributed by atoms with van der Waals surface area (Å²) >= 11 is 0. The SMILES string of the molecule is O=C(Cc1n[nH]c(=O)c2ccccc12)N1CCc2c(F)cccc2C1. The van der Waals surface area contributed by atoms with Gasteiger partial charge in [-0.1, -0.05) is 30.3 Å². The summed E-state index contributed by atoms with van der Waals surface area (Å²) in [4.78, 5) is 26.2. The summed E-state index contributed by atoms with van der Waals surface area (Å²) in [5.41, 5.74) is 1.82. The van der Waals surface area contributed by atoms with Gasteiger partial charge in [-0.05, 0) is 29.7 Å². The first-order valence-electron chi connectivity index (χ1n) is 8.14. The molecule has 1 amide bonds. The molecule has 0 atom stereocenters. The number of aromatic nitrogens is 2. The van der Waals surface area contributed by atoms with E-state index >= 15 is 0 Å². The normalized spacial score (nSPS) is 13.7. The van der Waals surface area contributed by atoms with Gasteiger partial charge in [-0.15, -0.1) is 0 Å². The molecule has 2 heterocycles. The van der Waals surface area contributed by atoms with E-state index in [1.807, 2.05) is 12.1 Å². The van der Waals surface area contributed by atoms with Crippen molar-refractivity contribution in [2.45, 2.75) is 19.4 Å². The van der Waals surface area contributed by atoms with Gasteiger partial charge in [0.15, 0.2) is 0 Å². The smallest absolute Gasteiger partial charge is 0.272 e. The molecule has 0 bridgehead atoms. The Morgan fingerprint density at radius 2 is 1.96 bits per heavy atom. The third-order valence-corrected chi connectivity index (χ3v) is 4.66. The standard InChI is InChI=1S/C19H16FN3O2/c20-16-7-3-4-12-11-23(9-8-13(12)16)18(24)10-17-14-5-1-2-6-15(14)19(25)22-21-17/h1-7H,8-11H2,(H,22,25). The number of carbonyl (C=O) groups is 1. The van der Waals surface area contributed by atoms with Crippen LogP contribution in [0.25, 0.3) is 10.8 Å². The lowest BCUT2D eigenvalue weighted by Crippen LogP contribution is -2.37. The quantitative estimate of drug-likeness (QED) is 0.779. The van der Waals surface area contributed by atoms with Crippen LogP contribution in [-0.4, -0.2) is 27.5 Å². The molecular weight excluding hydrogens is 321 g/mol. The van der Waals surface area contributed by atoms with Gasteiger partial charge in [0, 0.05) is 18.5 Å². The molecule has 0 unspecified atom stereocenters. The van der Waals surface area contributed by atoms with Crippen LogP contribution in [0, 0.1) is 5.82 Å². The Kier molecular flexibility index (Phi) is 3.80. The Bertz CT molecular complexity index is 1030. The second-order valence-corrected chi connectivity index (χ2v) is 6.16. The van der Waals surface area contributed by atoms with E-state index in [-0.39, 0.29) is 23.7 Å². The first kappa shape index (κ1) is 15.5. The molecule has 5 nitrogen and oxygen atoms in total. The number of nitrogens with zero attached hydrogens (tertiary/aromatic N) is 2. The second-order valence-electron chi connectivity index (χ2n) is 6.16. The van der Waals surface area contributed by atoms with Gasteiger partial charge in [0.05, 0.1) is 17.5 Å². The summed E-state index contributed by atoms with van der Waals surface area (Å²) in [5.74, 6) is -0.294. The fourth-order valence-corrected chi connectivity index (χ4v) is 3.34. The van der Waals surface area contributed by atoms with Crippen molar-refractivity contribution in [3.05, 3.63) is 75.5 Å². The lowest BCUT2D eigenvalue weighted by atomic mass is 9.98. The molecule has 1 aliphatic heterocycles. The number of rotatable bonds is 2. The Morgan fingerprint density at radius 1 is 1.16 bits per heavy atom. The lowest BCUT2D eigenvalue weighted by Gasteiger charge is -2.29. The number of aromatic amines is 1. The van der Waals surface area contributed by atoms with Crippen molar-refractivity contribution in [1.29, 1.82) is 0 Å². The molecule has 25 heavy (non-hydrogen) atoms. The number of H-pyrrole nitrogens is 1. The molecule has 0 saturated heterocycles. The highest BCUT2D eigenvalue weighted by molar-refractivity contribution is 5.88. The Morgan fingerprint density at radius 3 is 2.80 bits per heavy atom. The highest BCUT2D eigenvalue weighted by Crippen LogP contribution is 2.22. The van der Waals surface area contributed by atoms with Crippen LogP contribution in [0.1, 0.15) is 16.8 Å². The topological polar surface area (TPSA) is 66.1 Å². The van der Waals surface area contributed by atoms with Crippen molar-refractivity contribution in [2.75, 3.05) is 6.54 Å². The number of halogens is 1. The minimum atomic E-state index is -0.269. The summed E-state index contributed by atoms with van der Waals surface area (Å²) in [6.45, 7) is 0.876. The van der Waals surface area contributed by atoms with Crippen molar-refractivity contribution >= 4 is 16.7 Å². The number of fused-ring (bicyclic) bond motifs is 2. The van der Waals surface area contributed by atoms with E-state index in [2.05, 4.69) is 10.2 Å². The third kappa shape index (κ3) is 2.80. The lowest BCUT2D eigenvalue weighted by molar-refractivity contribution is -0.131. The van der Waals surface area contributed by atoms with Gasteiger partial charge >= 0.3 is 0 Å². The monoisotopic (exact) mass is 337 g/mol.